The largest absolute Gasteiger partial charge is 0.493 e. The van der Waals surface area contributed by atoms with E-state index in [2.05, 4.69) is 4.72 Å². The third kappa shape index (κ3) is 6.78. The summed E-state index contributed by atoms with van der Waals surface area (Å²) in [5.41, 5.74) is -1.45. The van der Waals surface area contributed by atoms with Gasteiger partial charge in [0, 0.05) is 13.2 Å². The number of sulfonamides is 1. The Labute approximate surface area is 193 Å². The van der Waals surface area contributed by atoms with Crippen molar-refractivity contribution in [3.63, 3.8) is 0 Å². The quantitative estimate of drug-likeness (QED) is 0.351. The van der Waals surface area contributed by atoms with E-state index in [4.69, 9.17) is 24.1 Å². The van der Waals surface area contributed by atoms with E-state index in [1.54, 1.807) is 0 Å². The number of methoxy groups -OCH3 is 3. The number of carbonyl (C=O) groups is 1. The van der Waals surface area contributed by atoms with Gasteiger partial charge in [-0.2, -0.15) is 13.2 Å². The number of carboxylic acid groups (broad SMARTS) is 1. The lowest BCUT2D eigenvalue weighted by molar-refractivity contribution is -0.137. The zero-order chi connectivity index (χ0) is 25.5. The normalized spacial score (nSPS) is 11.9. The number of halogens is 3. The monoisotopic (exact) mass is 505 g/mol. The van der Waals surface area contributed by atoms with Crippen molar-refractivity contribution >= 4 is 27.8 Å². The van der Waals surface area contributed by atoms with Crippen LogP contribution >= 0.6 is 0 Å². The van der Waals surface area contributed by atoms with Crippen molar-refractivity contribution in [2.24, 2.45) is 0 Å². The van der Waals surface area contributed by atoms with Crippen molar-refractivity contribution in [2.75, 3.05) is 39.3 Å². The second-order valence-electron chi connectivity index (χ2n) is 6.58. The first-order valence-electron chi connectivity index (χ1n) is 9.45. The molecule has 13 heteroatoms. The highest BCUT2D eigenvalue weighted by Crippen LogP contribution is 2.39. The highest BCUT2D eigenvalue weighted by molar-refractivity contribution is 7.92. The van der Waals surface area contributed by atoms with Gasteiger partial charge in [-0.15, -0.1) is 0 Å². The fraction of sp³-hybridized carbons (Fsp3) is 0.286. The predicted molar refractivity (Wildman–Crippen MR) is 116 cm³/mol. The number of rotatable bonds is 11. The van der Waals surface area contributed by atoms with Crippen LogP contribution in [-0.2, 0) is 25.7 Å². The summed E-state index contributed by atoms with van der Waals surface area (Å²) < 4.78 is 88.8. The van der Waals surface area contributed by atoms with Crippen molar-refractivity contribution in [1.29, 1.82) is 0 Å². The van der Waals surface area contributed by atoms with Gasteiger partial charge in [0.2, 0.25) is 0 Å². The molecule has 0 aliphatic rings. The average molecular weight is 505 g/mol. The Morgan fingerprint density at radius 1 is 1.06 bits per heavy atom. The van der Waals surface area contributed by atoms with Crippen molar-refractivity contribution < 1.29 is 50.4 Å². The van der Waals surface area contributed by atoms with Gasteiger partial charge in [-0.05, 0) is 42.0 Å². The van der Waals surface area contributed by atoms with E-state index < -0.39 is 38.3 Å². The van der Waals surface area contributed by atoms with E-state index in [1.165, 1.54) is 27.4 Å². The van der Waals surface area contributed by atoms with Gasteiger partial charge in [-0.25, -0.2) is 13.2 Å². The summed E-state index contributed by atoms with van der Waals surface area (Å²) in [6.07, 6.45) is -2.85. The first-order valence-corrected chi connectivity index (χ1v) is 10.9. The highest BCUT2D eigenvalue weighted by Gasteiger charge is 2.32. The second-order valence-corrected chi connectivity index (χ2v) is 8.23. The average Bonchev–Trinajstić information content (AvgIpc) is 2.77. The minimum atomic E-state index is -4.74. The molecule has 0 radical (unpaired) electrons. The standard InChI is InChI=1S/C21H22F3NO8S/c1-30-8-9-33-16-6-5-14(21(22,23)24)12-15(16)25-34(28,29)18-11-13(4-7-19(26)27)10-17(31-2)20(18)32-3/h4-7,10-12,25H,8-9H2,1-3H3,(H,26,27). The van der Waals surface area contributed by atoms with Crippen LogP contribution in [0.2, 0.25) is 0 Å². The molecule has 0 heterocycles. The molecule has 0 saturated heterocycles. The molecule has 0 spiro atoms. The lowest BCUT2D eigenvalue weighted by atomic mass is 10.2. The Bertz CT molecular complexity index is 1160. The van der Waals surface area contributed by atoms with E-state index in [1.807, 2.05) is 0 Å². The van der Waals surface area contributed by atoms with E-state index in [9.17, 15) is 26.4 Å². The fourth-order valence-electron chi connectivity index (χ4n) is 2.76. The number of benzene rings is 2. The Kier molecular flexibility index (Phi) is 8.76. The number of aliphatic carboxylic acids is 1. The molecule has 0 bridgehead atoms. The Morgan fingerprint density at radius 2 is 1.76 bits per heavy atom. The number of carboxylic acids is 1. The number of anilines is 1. The molecule has 2 rings (SSSR count). The van der Waals surface area contributed by atoms with Crippen LogP contribution in [0, 0.1) is 0 Å². The minimum Gasteiger partial charge on any atom is -0.493 e. The smallest absolute Gasteiger partial charge is 0.416 e. The maximum atomic E-state index is 13.3. The zero-order valence-corrected chi connectivity index (χ0v) is 19.1. The molecular formula is C21H22F3NO8S. The van der Waals surface area contributed by atoms with Gasteiger partial charge in [0.05, 0.1) is 32.1 Å². The van der Waals surface area contributed by atoms with E-state index in [0.29, 0.717) is 6.07 Å². The summed E-state index contributed by atoms with van der Waals surface area (Å²) in [5.74, 6) is -1.73. The number of nitrogens with one attached hydrogen (secondary N) is 1. The third-order valence-electron chi connectivity index (χ3n) is 4.27. The number of hydrogen-bond donors (Lipinski definition) is 2. The molecule has 9 nitrogen and oxygen atoms in total. The molecule has 0 aliphatic carbocycles. The summed E-state index contributed by atoms with van der Waals surface area (Å²) in [6.45, 7) is 0.0550. The van der Waals surface area contributed by atoms with E-state index in [-0.39, 0.29) is 36.0 Å². The summed E-state index contributed by atoms with van der Waals surface area (Å²) in [7, 11) is -0.775. The second kappa shape index (κ2) is 11.1. The van der Waals surface area contributed by atoms with Crippen LogP contribution in [0.1, 0.15) is 11.1 Å². The van der Waals surface area contributed by atoms with Crippen LogP contribution in [0.5, 0.6) is 17.2 Å². The van der Waals surface area contributed by atoms with Crippen LogP contribution in [0.15, 0.2) is 41.3 Å². The molecule has 0 atom stereocenters. The lowest BCUT2D eigenvalue weighted by Crippen LogP contribution is -2.17. The van der Waals surface area contributed by atoms with Gasteiger partial charge in [0.25, 0.3) is 10.0 Å². The molecule has 0 fully saturated rings. The van der Waals surface area contributed by atoms with E-state index in [0.717, 1.165) is 30.4 Å². The minimum absolute atomic E-state index is 0.0453. The molecule has 2 aromatic rings. The summed E-state index contributed by atoms with van der Waals surface area (Å²) in [6, 6.07) is 4.75. The van der Waals surface area contributed by atoms with Crippen LogP contribution in [0.25, 0.3) is 6.08 Å². The molecule has 0 saturated carbocycles. The van der Waals surface area contributed by atoms with Gasteiger partial charge in [-0.1, -0.05) is 0 Å². The first-order chi connectivity index (χ1) is 15.9. The number of ether oxygens (including phenoxy) is 4. The van der Waals surface area contributed by atoms with Crippen molar-refractivity contribution in [3.05, 3.63) is 47.5 Å². The zero-order valence-electron chi connectivity index (χ0n) is 18.3. The first kappa shape index (κ1) is 26.8. The number of alkyl halides is 3. The molecular weight excluding hydrogens is 483 g/mol. The molecule has 0 aliphatic heterocycles. The predicted octanol–water partition coefficient (Wildman–Crippen LogP) is 3.65. The topological polar surface area (TPSA) is 120 Å². The van der Waals surface area contributed by atoms with Crippen LogP contribution in [-0.4, -0.2) is 54.0 Å². The lowest BCUT2D eigenvalue weighted by Gasteiger charge is -2.18. The van der Waals surface area contributed by atoms with Crippen molar-refractivity contribution in [3.8, 4) is 17.2 Å². The Balaban J connectivity index is 2.62. The summed E-state index contributed by atoms with van der Waals surface area (Å²) >= 11 is 0. The summed E-state index contributed by atoms with van der Waals surface area (Å²) in [5, 5.41) is 8.85. The van der Waals surface area contributed by atoms with Crippen LogP contribution in [0.3, 0.4) is 0 Å². The van der Waals surface area contributed by atoms with Crippen molar-refractivity contribution in [2.45, 2.75) is 11.1 Å². The molecule has 0 aromatic heterocycles. The van der Waals surface area contributed by atoms with Gasteiger partial charge in [-0.3, -0.25) is 4.72 Å². The SMILES string of the molecule is COCCOc1ccc(C(F)(F)F)cc1NS(=O)(=O)c1cc(C=CC(=O)O)cc(OC)c1OC. The molecule has 34 heavy (non-hydrogen) atoms. The van der Waals surface area contributed by atoms with Crippen LogP contribution in [0.4, 0.5) is 18.9 Å². The molecule has 0 amide bonds. The Morgan fingerprint density at radius 3 is 2.32 bits per heavy atom. The molecule has 2 aromatic carbocycles. The highest BCUT2D eigenvalue weighted by atomic mass is 32.2. The van der Waals surface area contributed by atoms with Crippen LogP contribution < -0.4 is 18.9 Å². The molecule has 2 N–H and O–H groups in total. The number of hydrogen-bond acceptors (Lipinski definition) is 7. The van der Waals surface area contributed by atoms with Gasteiger partial charge in [0.15, 0.2) is 11.5 Å². The fourth-order valence-corrected chi connectivity index (χ4v) is 4.04. The Hall–Kier alpha value is -3.45. The maximum absolute atomic E-state index is 13.3. The maximum Gasteiger partial charge on any atom is 0.416 e. The molecule has 186 valence electrons. The third-order valence-corrected chi connectivity index (χ3v) is 5.64. The van der Waals surface area contributed by atoms with Gasteiger partial charge in [0.1, 0.15) is 17.3 Å². The summed E-state index contributed by atoms with van der Waals surface area (Å²) in [4.78, 5) is 10.3. The van der Waals surface area contributed by atoms with E-state index >= 15 is 0 Å². The van der Waals surface area contributed by atoms with Gasteiger partial charge >= 0.3 is 12.1 Å². The van der Waals surface area contributed by atoms with Gasteiger partial charge < -0.3 is 24.1 Å². The molecule has 0 unspecified atom stereocenters. The van der Waals surface area contributed by atoms with Crippen molar-refractivity contribution in [1.82, 2.24) is 0 Å².